The summed E-state index contributed by atoms with van der Waals surface area (Å²) in [6, 6.07) is 0. The number of nitrogens with one attached hydrogen (secondary N) is 1. The molecule has 0 saturated heterocycles. The van der Waals surface area contributed by atoms with Gasteiger partial charge < -0.3 is 10.1 Å². The molecule has 0 aliphatic carbocycles. The van der Waals surface area contributed by atoms with Gasteiger partial charge in [-0.3, -0.25) is 0 Å². The predicted octanol–water partition coefficient (Wildman–Crippen LogP) is 1.88. The lowest BCUT2D eigenvalue weighted by molar-refractivity contribution is -0.513. The van der Waals surface area contributed by atoms with Crippen LogP contribution in [0.1, 0.15) is 34.1 Å². The standard InChI is InChI=1S/C12H21NO6/c1-6-12(4,5)18-19-17-11(15)13-7-8-16-10(14)9(2)3/h2,6-8H2,1,3-5H3,(H,13,15). The number of rotatable bonds is 8. The van der Waals surface area contributed by atoms with Crippen LogP contribution in [0.2, 0.25) is 0 Å². The molecular formula is C12H21NO6. The van der Waals surface area contributed by atoms with Crippen molar-refractivity contribution in [1.82, 2.24) is 5.32 Å². The van der Waals surface area contributed by atoms with Crippen LogP contribution >= 0.6 is 0 Å². The molecule has 7 nitrogen and oxygen atoms in total. The zero-order chi connectivity index (χ0) is 14.9. The molecule has 0 aromatic carbocycles. The third-order valence-electron chi connectivity index (χ3n) is 2.17. The van der Waals surface area contributed by atoms with E-state index in [1.54, 1.807) is 13.8 Å². The highest BCUT2D eigenvalue weighted by molar-refractivity contribution is 5.86. The minimum atomic E-state index is -0.835. The predicted molar refractivity (Wildman–Crippen MR) is 66.8 cm³/mol. The molecule has 0 bridgehead atoms. The average molecular weight is 275 g/mol. The van der Waals surface area contributed by atoms with E-state index in [1.165, 1.54) is 6.92 Å². The van der Waals surface area contributed by atoms with Crippen LogP contribution in [0.15, 0.2) is 12.2 Å². The fourth-order valence-electron chi connectivity index (χ4n) is 0.648. The summed E-state index contributed by atoms with van der Waals surface area (Å²) in [7, 11) is 0. The molecule has 0 unspecified atom stereocenters. The first kappa shape index (κ1) is 17.4. The Morgan fingerprint density at radius 3 is 2.47 bits per heavy atom. The van der Waals surface area contributed by atoms with E-state index in [1.807, 2.05) is 6.92 Å². The van der Waals surface area contributed by atoms with Crippen molar-refractivity contribution >= 4 is 12.1 Å². The largest absolute Gasteiger partial charge is 0.460 e. The molecule has 0 aliphatic rings. The van der Waals surface area contributed by atoms with Crippen LogP contribution in [0.25, 0.3) is 0 Å². The van der Waals surface area contributed by atoms with Gasteiger partial charge in [-0.25, -0.2) is 14.5 Å². The zero-order valence-electron chi connectivity index (χ0n) is 11.8. The van der Waals surface area contributed by atoms with Crippen molar-refractivity contribution in [3.8, 4) is 0 Å². The maximum absolute atomic E-state index is 11.1. The Morgan fingerprint density at radius 1 is 1.32 bits per heavy atom. The van der Waals surface area contributed by atoms with E-state index in [9.17, 15) is 9.59 Å². The maximum Gasteiger partial charge on any atom is 0.442 e. The second kappa shape index (κ2) is 8.49. The Labute approximate surface area is 112 Å². The lowest BCUT2D eigenvalue weighted by atomic mass is 10.1. The fraction of sp³-hybridized carbons (Fsp3) is 0.667. The molecule has 0 radical (unpaired) electrons. The van der Waals surface area contributed by atoms with Crippen molar-refractivity contribution in [2.75, 3.05) is 13.2 Å². The lowest BCUT2D eigenvalue weighted by Gasteiger charge is -2.19. The Hall–Kier alpha value is -1.60. The number of ether oxygens (including phenoxy) is 1. The topological polar surface area (TPSA) is 83.1 Å². The first-order chi connectivity index (χ1) is 8.78. The van der Waals surface area contributed by atoms with Gasteiger partial charge in [0.05, 0.1) is 6.54 Å². The van der Waals surface area contributed by atoms with Gasteiger partial charge in [-0.1, -0.05) is 13.5 Å². The Bertz CT molecular complexity index is 326. The lowest BCUT2D eigenvalue weighted by Crippen LogP contribution is -2.30. The van der Waals surface area contributed by atoms with Crippen LogP contribution in [0.4, 0.5) is 4.79 Å². The number of esters is 1. The molecule has 1 N–H and O–H groups in total. The molecule has 0 aromatic heterocycles. The number of carbonyl (C=O) groups excluding carboxylic acids is 2. The molecule has 0 heterocycles. The van der Waals surface area contributed by atoms with E-state index in [0.29, 0.717) is 12.0 Å². The van der Waals surface area contributed by atoms with Crippen molar-refractivity contribution < 1.29 is 29.1 Å². The first-order valence-corrected chi connectivity index (χ1v) is 5.91. The average Bonchev–Trinajstić information content (AvgIpc) is 2.34. The molecule has 0 aliphatic heterocycles. The smallest absolute Gasteiger partial charge is 0.442 e. The second-order valence-corrected chi connectivity index (χ2v) is 4.48. The van der Waals surface area contributed by atoms with Crippen LogP contribution in [0, 0.1) is 0 Å². The van der Waals surface area contributed by atoms with Crippen molar-refractivity contribution in [1.29, 1.82) is 0 Å². The van der Waals surface area contributed by atoms with Crippen LogP contribution in [-0.2, 0) is 24.3 Å². The highest BCUT2D eigenvalue weighted by Gasteiger charge is 2.18. The van der Waals surface area contributed by atoms with Gasteiger partial charge in [-0.05, 0) is 32.2 Å². The van der Waals surface area contributed by atoms with Gasteiger partial charge in [0, 0.05) is 5.57 Å². The highest BCUT2D eigenvalue weighted by atomic mass is 17.5. The summed E-state index contributed by atoms with van der Waals surface area (Å²) in [6.07, 6.45) is -0.146. The first-order valence-electron chi connectivity index (χ1n) is 5.91. The van der Waals surface area contributed by atoms with E-state index in [0.717, 1.165) is 0 Å². The van der Waals surface area contributed by atoms with Gasteiger partial charge in [0.25, 0.3) is 0 Å². The van der Waals surface area contributed by atoms with Gasteiger partial charge in [-0.2, -0.15) is 4.89 Å². The number of carbonyl (C=O) groups is 2. The zero-order valence-corrected chi connectivity index (χ0v) is 11.8. The fourth-order valence-corrected chi connectivity index (χ4v) is 0.648. The molecule has 0 saturated carbocycles. The summed E-state index contributed by atoms with van der Waals surface area (Å²) in [5.74, 6) is -0.514. The minimum absolute atomic E-state index is 0.0160. The third kappa shape index (κ3) is 9.04. The molecule has 0 spiro atoms. The highest BCUT2D eigenvalue weighted by Crippen LogP contribution is 2.13. The van der Waals surface area contributed by atoms with Gasteiger partial charge >= 0.3 is 12.1 Å². The number of hydrogen-bond acceptors (Lipinski definition) is 6. The number of amides is 1. The molecular weight excluding hydrogens is 254 g/mol. The molecule has 0 rings (SSSR count). The SMILES string of the molecule is C=C(C)C(=O)OCCNC(=O)OOOC(C)(C)CC. The van der Waals surface area contributed by atoms with Crippen molar-refractivity contribution in [2.24, 2.45) is 0 Å². The maximum atomic E-state index is 11.1. The van der Waals surface area contributed by atoms with E-state index in [2.05, 4.69) is 21.8 Å². The summed E-state index contributed by atoms with van der Waals surface area (Å²) < 4.78 is 4.75. The van der Waals surface area contributed by atoms with Crippen molar-refractivity contribution in [2.45, 2.75) is 39.7 Å². The van der Waals surface area contributed by atoms with Crippen molar-refractivity contribution in [3.05, 3.63) is 12.2 Å². The Kier molecular flexibility index (Phi) is 7.78. The molecule has 0 aromatic rings. The normalized spacial score (nSPS) is 10.7. The molecule has 1 amide bonds. The van der Waals surface area contributed by atoms with Crippen LogP contribution in [0.3, 0.4) is 0 Å². The van der Waals surface area contributed by atoms with Crippen LogP contribution < -0.4 is 5.32 Å². The van der Waals surface area contributed by atoms with E-state index >= 15 is 0 Å². The quantitative estimate of drug-likeness (QED) is 0.239. The summed E-state index contributed by atoms with van der Waals surface area (Å²) in [5.41, 5.74) is -0.252. The molecule has 0 fully saturated rings. The van der Waals surface area contributed by atoms with Crippen LogP contribution in [-0.4, -0.2) is 30.8 Å². The Balaban J connectivity index is 3.61. The summed E-state index contributed by atoms with van der Waals surface area (Å²) in [6.45, 7) is 10.5. The molecule has 0 atom stereocenters. The Morgan fingerprint density at radius 2 is 1.95 bits per heavy atom. The minimum Gasteiger partial charge on any atom is -0.460 e. The van der Waals surface area contributed by atoms with E-state index < -0.39 is 17.7 Å². The summed E-state index contributed by atoms with van der Waals surface area (Å²) in [4.78, 5) is 31.2. The molecule has 19 heavy (non-hydrogen) atoms. The summed E-state index contributed by atoms with van der Waals surface area (Å²) >= 11 is 0. The third-order valence-corrected chi connectivity index (χ3v) is 2.17. The second-order valence-electron chi connectivity index (χ2n) is 4.48. The van der Waals surface area contributed by atoms with Crippen molar-refractivity contribution in [3.63, 3.8) is 0 Å². The molecule has 110 valence electrons. The van der Waals surface area contributed by atoms with Gasteiger partial charge in [0.15, 0.2) is 0 Å². The summed E-state index contributed by atoms with van der Waals surface area (Å²) in [5, 5.41) is 6.64. The van der Waals surface area contributed by atoms with Gasteiger partial charge in [0.1, 0.15) is 12.2 Å². The van der Waals surface area contributed by atoms with E-state index in [4.69, 9.17) is 9.62 Å². The van der Waals surface area contributed by atoms with Gasteiger partial charge in [0.2, 0.25) is 0 Å². The van der Waals surface area contributed by atoms with E-state index in [-0.39, 0.29) is 13.2 Å². The van der Waals surface area contributed by atoms with Crippen LogP contribution in [0.5, 0.6) is 0 Å². The number of hydrogen-bond donors (Lipinski definition) is 1. The molecule has 7 heteroatoms. The van der Waals surface area contributed by atoms with Gasteiger partial charge in [-0.15, -0.1) is 0 Å². The monoisotopic (exact) mass is 275 g/mol.